The highest BCUT2D eigenvalue weighted by Crippen LogP contribution is 2.42. The summed E-state index contributed by atoms with van der Waals surface area (Å²) >= 11 is 5.89. The third kappa shape index (κ3) is 5.64. The molecule has 1 saturated heterocycles. The van der Waals surface area contributed by atoms with Crippen molar-refractivity contribution in [2.45, 2.75) is 67.0 Å². The normalized spacial score (nSPS) is 16.7. The molecule has 2 aromatic carbocycles. The standard InChI is InChI=1S/C34H39N5OS/c1-20-11-12-22(3)29(18-20)36-30(40)13-15-38-33(31(37-34(38)41)28-10-8-9-14-35-28)27-19-25(6)39(26(27)7)32-23(4)16-21(2)17-24(32)5/h8-12,14,16-19,31,33H,13,15H2,1-7H3,(H,36,40)(H,37,41). The third-order valence-electron chi connectivity index (χ3n) is 8.09. The molecule has 41 heavy (non-hydrogen) atoms. The SMILES string of the molecule is Cc1cc(C)c(-n2c(C)cc(C3C(c4ccccn4)NC(=S)N3CCC(=O)Nc3cc(C)ccc3C)c2C)c(C)c1. The molecular weight excluding hydrogens is 526 g/mol. The van der Waals surface area contributed by atoms with E-state index in [4.69, 9.17) is 17.2 Å². The number of hydrogen-bond acceptors (Lipinski definition) is 3. The average molecular weight is 566 g/mol. The van der Waals surface area contributed by atoms with Crippen LogP contribution in [0.25, 0.3) is 5.69 Å². The molecule has 2 N–H and O–H groups in total. The Morgan fingerprint density at radius 2 is 1.66 bits per heavy atom. The minimum atomic E-state index is -0.139. The maximum atomic E-state index is 13.1. The van der Waals surface area contributed by atoms with Crippen LogP contribution in [-0.2, 0) is 4.79 Å². The summed E-state index contributed by atoms with van der Waals surface area (Å²) in [6.07, 6.45) is 2.13. The highest BCUT2D eigenvalue weighted by atomic mass is 32.1. The van der Waals surface area contributed by atoms with Crippen molar-refractivity contribution in [3.63, 3.8) is 0 Å². The van der Waals surface area contributed by atoms with Crippen molar-refractivity contribution in [2.75, 3.05) is 11.9 Å². The van der Waals surface area contributed by atoms with Gasteiger partial charge in [0.25, 0.3) is 0 Å². The van der Waals surface area contributed by atoms with Crippen LogP contribution in [0.3, 0.4) is 0 Å². The number of nitrogens with zero attached hydrogens (tertiary/aromatic N) is 3. The van der Waals surface area contributed by atoms with E-state index in [1.54, 1.807) is 0 Å². The summed E-state index contributed by atoms with van der Waals surface area (Å²) in [5.74, 6) is -0.0297. The fourth-order valence-electron chi connectivity index (χ4n) is 6.25. The number of anilines is 1. The molecule has 0 aliphatic carbocycles. The van der Waals surface area contributed by atoms with Crippen LogP contribution < -0.4 is 10.6 Å². The summed E-state index contributed by atoms with van der Waals surface area (Å²) in [6.45, 7) is 15.4. The number of amides is 1. The van der Waals surface area contributed by atoms with Crippen LogP contribution in [0, 0.1) is 48.5 Å². The number of aryl methyl sites for hydroxylation is 6. The summed E-state index contributed by atoms with van der Waals surface area (Å²) in [7, 11) is 0. The zero-order valence-electron chi connectivity index (χ0n) is 25.0. The van der Waals surface area contributed by atoms with Gasteiger partial charge in [-0.2, -0.15) is 0 Å². The lowest BCUT2D eigenvalue weighted by atomic mass is 9.96. The number of benzene rings is 2. The number of carbonyl (C=O) groups excluding carboxylic acids is 1. The Bertz CT molecular complexity index is 1600. The van der Waals surface area contributed by atoms with E-state index in [-0.39, 0.29) is 18.0 Å². The van der Waals surface area contributed by atoms with Crippen molar-refractivity contribution in [1.82, 2.24) is 19.8 Å². The van der Waals surface area contributed by atoms with Crippen LogP contribution in [0.2, 0.25) is 0 Å². The zero-order valence-corrected chi connectivity index (χ0v) is 25.8. The second-order valence-electron chi connectivity index (χ2n) is 11.3. The van der Waals surface area contributed by atoms with Gasteiger partial charge in [-0.05, 0) is 113 Å². The molecule has 0 bridgehead atoms. The van der Waals surface area contributed by atoms with E-state index in [1.807, 2.05) is 50.4 Å². The van der Waals surface area contributed by atoms with Crippen LogP contribution in [0.15, 0.2) is 60.8 Å². The molecule has 6 nitrogen and oxygen atoms in total. The number of rotatable bonds is 7. The maximum absolute atomic E-state index is 13.1. The Balaban J connectivity index is 1.50. The molecule has 2 unspecified atom stereocenters. The first-order chi connectivity index (χ1) is 19.5. The Morgan fingerprint density at radius 3 is 2.34 bits per heavy atom. The monoisotopic (exact) mass is 565 g/mol. The van der Waals surface area contributed by atoms with Crippen molar-refractivity contribution < 1.29 is 4.79 Å². The Morgan fingerprint density at radius 1 is 0.927 bits per heavy atom. The molecule has 4 aromatic rings. The maximum Gasteiger partial charge on any atom is 0.226 e. The summed E-state index contributed by atoms with van der Waals surface area (Å²) < 4.78 is 2.36. The molecule has 3 heterocycles. The Kier molecular flexibility index (Phi) is 8.00. The van der Waals surface area contributed by atoms with Crippen molar-refractivity contribution in [3.8, 4) is 5.69 Å². The van der Waals surface area contributed by atoms with Crippen molar-refractivity contribution in [2.24, 2.45) is 0 Å². The zero-order chi connectivity index (χ0) is 29.4. The van der Waals surface area contributed by atoms with E-state index in [9.17, 15) is 4.79 Å². The van der Waals surface area contributed by atoms with Gasteiger partial charge in [0, 0.05) is 36.2 Å². The van der Waals surface area contributed by atoms with Crippen LogP contribution in [-0.4, -0.2) is 32.0 Å². The molecule has 0 radical (unpaired) electrons. The number of thiocarbonyl (C=S) groups is 1. The van der Waals surface area contributed by atoms with Gasteiger partial charge in [0.05, 0.1) is 23.5 Å². The first kappa shape index (κ1) is 28.6. The molecule has 1 amide bonds. The largest absolute Gasteiger partial charge is 0.352 e. The second-order valence-corrected chi connectivity index (χ2v) is 11.7. The molecule has 212 valence electrons. The topological polar surface area (TPSA) is 62.2 Å². The van der Waals surface area contributed by atoms with E-state index in [0.29, 0.717) is 18.1 Å². The molecule has 1 fully saturated rings. The van der Waals surface area contributed by atoms with Crippen molar-refractivity contribution in [3.05, 3.63) is 111 Å². The van der Waals surface area contributed by atoms with Crippen molar-refractivity contribution >= 4 is 28.9 Å². The van der Waals surface area contributed by atoms with Crippen LogP contribution in [0.5, 0.6) is 0 Å². The number of aromatic nitrogens is 2. The Labute approximate surface area is 248 Å². The predicted octanol–water partition coefficient (Wildman–Crippen LogP) is 7.03. The second kappa shape index (κ2) is 11.5. The number of hydrogen-bond donors (Lipinski definition) is 2. The van der Waals surface area contributed by atoms with Crippen LogP contribution in [0.4, 0.5) is 5.69 Å². The average Bonchev–Trinajstić information content (AvgIpc) is 3.40. The highest BCUT2D eigenvalue weighted by Gasteiger charge is 2.41. The van der Waals surface area contributed by atoms with Gasteiger partial charge in [-0.3, -0.25) is 9.78 Å². The van der Waals surface area contributed by atoms with E-state index in [1.165, 1.54) is 33.6 Å². The first-order valence-corrected chi connectivity index (χ1v) is 14.6. The van der Waals surface area contributed by atoms with E-state index >= 15 is 0 Å². The Hall–Kier alpha value is -3.97. The molecule has 7 heteroatoms. The van der Waals surface area contributed by atoms with Gasteiger partial charge in [-0.1, -0.05) is 35.9 Å². The minimum Gasteiger partial charge on any atom is -0.352 e. The number of nitrogens with one attached hydrogen (secondary N) is 2. The van der Waals surface area contributed by atoms with Gasteiger partial charge in [0.15, 0.2) is 5.11 Å². The van der Waals surface area contributed by atoms with E-state index in [2.05, 4.69) is 79.0 Å². The van der Waals surface area contributed by atoms with Crippen LogP contribution in [0.1, 0.15) is 69.0 Å². The predicted molar refractivity (Wildman–Crippen MR) is 171 cm³/mol. The van der Waals surface area contributed by atoms with Gasteiger partial charge in [0.1, 0.15) is 0 Å². The van der Waals surface area contributed by atoms with E-state index < -0.39 is 0 Å². The number of pyridine rings is 1. The molecule has 2 atom stereocenters. The lowest BCUT2D eigenvalue weighted by molar-refractivity contribution is -0.116. The van der Waals surface area contributed by atoms with Gasteiger partial charge in [0.2, 0.25) is 5.91 Å². The lowest BCUT2D eigenvalue weighted by Crippen LogP contribution is -2.33. The molecule has 1 aliphatic heterocycles. The van der Waals surface area contributed by atoms with Crippen LogP contribution >= 0.6 is 12.2 Å². The van der Waals surface area contributed by atoms with Crippen molar-refractivity contribution in [1.29, 1.82) is 0 Å². The summed E-state index contributed by atoms with van der Waals surface area (Å²) in [4.78, 5) is 20.0. The highest BCUT2D eigenvalue weighted by molar-refractivity contribution is 7.80. The van der Waals surface area contributed by atoms with Gasteiger partial charge in [-0.15, -0.1) is 0 Å². The number of carbonyl (C=O) groups is 1. The molecule has 1 aliphatic rings. The summed E-state index contributed by atoms with van der Waals surface area (Å²) in [5.41, 5.74) is 12.4. The molecule has 5 rings (SSSR count). The third-order valence-corrected chi connectivity index (χ3v) is 8.44. The fraction of sp³-hybridized carbons (Fsp3) is 0.324. The van der Waals surface area contributed by atoms with E-state index in [0.717, 1.165) is 28.2 Å². The van der Waals surface area contributed by atoms with Gasteiger partial charge >= 0.3 is 0 Å². The quantitative estimate of drug-likeness (QED) is 0.236. The molecule has 0 saturated carbocycles. The molecule has 0 spiro atoms. The van der Waals surface area contributed by atoms with Gasteiger partial charge in [-0.25, -0.2) is 0 Å². The molecular formula is C34H39N5OS. The molecule has 2 aromatic heterocycles. The smallest absolute Gasteiger partial charge is 0.226 e. The van der Waals surface area contributed by atoms with Gasteiger partial charge < -0.3 is 20.1 Å². The lowest BCUT2D eigenvalue weighted by Gasteiger charge is -2.28. The minimum absolute atomic E-state index is 0.0297. The first-order valence-electron chi connectivity index (χ1n) is 14.2. The summed E-state index contributed by atoms with van der Waals surface area (Å²) in [6, 6.07) is 18.6. The fourth-order valence-corrected chi connectivity index (χ4v) is 6.58. The summed E-state index contributed by atoms with van der Waals surface area (Å²) in [5, 5.41) is 7.28.